The number of hydrogen-bond acceptors (Lipinski definition) is 6. The molecule has 0 aromatic heterocycles. The van der Waals surface area contributed by atoms with Crippen molar-refractivity contribution in [2.24, 2.45) is 16.6 Å². The van der Waals surface area contributed by atoms with Gasteiger partial charge in [-0.25, -0.2) is 0 Å². The normalized spacial score (nSPS) is 32.2. The molecule has 1 fully saturated rings. The second-order valence-electron chi connectivity index (χ2n) is 6.25. The molecule has 3 N–H and O–H groups in total. The molecule has 0 aromatic carbocycles. The third-order valence-electron chi connectivity index (χ3n) is 4.56. The Labute approximate surface area is 123 Å². The Morgan fingerprint density at radius 2 is 1.71 bits per heavy atom. The maximum atomic E-state index is 9.81. The molecule has 1 aliphatic carbocycles. The van der Waals surface area contributed by atoms with Gasteiger partial charge in [0.25, 0.3) is 0 Å². The number of nitriles is 4. The Bertz CT molecular complexity index is 742. The maximum absolute atomic E-state index is 9.81. The van der Waals surface area contributed by atoms with Crippen LogP contribution in [0.4, 0.5) is 0 Å². The number of nitrogens with one attached hydrogen (secondary N) is 1. The SMILES string of the molecule is CC1(C)C[C@]2(C)NC(=C(C#N)C#N)[C@]1(C#N)C(N)=C2C#N. The molecule has 0 aromatic rings. The molecule has 0 spiro atoms. The smallest absolute Gasteiger partial charge is 0.150 e. The van der Waals surface area contributed by atoms with Crippen LogP contribution in [0.1, 0.15) is 27.2 Å². The number of nitrogens with two attached hydrogens (primary N) is 1. The van der Waals surface area contributed by atoms with Gasteiger partial charge in [0, 0.05) is 0 Å². The lowest BCUT2D eigenvalue weighted by atomic mass is 9.49. The van der Waals surface area contributed by atoms with E-state index in [4.69, 9.17) is 5.73 Å². The van der Waals surface area contributed by atoms with Crippen LogP contribution in [-0.4, -0.2) is 5.54 Å². The van der Waals surface area contributed by atoms with Crippen LogP contribution in [0.2, 0.25) is 0 Å². The van der Waals surface area contributed by atoms with E-state index >= 15 is 0 Å². The lowest BCUT2D eigenvalue weighted by Crippen LogP contribution is -2.66. The van der Waals surface area contributed by atoms with E-state index in [0.29, 0.717) is 12.0 Å². The van der Waals surface area contributed by atoms with Crippen LogP contribution in [0.15, 0.2) is 22.5 Å². The zero-order valence-corrected chi connectivity index (χ0v) is 12.1. The molecule has 0 unspecified atom stereocenters. The fraction of sp³-hybridized carbons (Fsp3) is 0.467. The van der Waals surface area contributed by atoms with Crippen LogP contribution in [0, 0.1) is 56.2 Å². The number of nitrogens with zero attached hydrogens (tertiary/aromatic N) is 4. The van der Waals surface area contributed by atoms with Crippen molar-refractivity contribution in [2.75, 3.05) is 0 Å². The Hall–Kier alpha value is -2.96. The average Bonchev–Trinajstić information content (AvgIpc) is 2.38. The van der Waals surface area contributed by atoms with E-state index in [0.717, 1.165) is 0 Å². The zero-order valence-electron chi connectivity index (χ0n) is 12.1. The molecule has 2 bridgehead atoms. The summed E-state index contributed by atoms with van der Waals surface area (Å²) in [5, 5.41) is 40.6. The summed E-state index contributed by atoms with van der Waals surface area (Å²) in [7, 11) is 0. The van der Waals surface area contributed by atoms with E-state index in [2.05, 4.69) is 17.5 Å². The molecule has 3 rings (SSSR count). The molecule has 0 radical (unpaired) electrons. The molecule has 2 heterocycles. The van der Waals surface area contributed by atoms with Gasteiger partial charge in [-0.3, -0.25) is 0 Å². The predicted molar refractivity (Wildman–Crippen MR) is 73.1 cm³/mol. The largest absolute Gasteiger partial charge is 0.400 e. The van der Waals surface area contributed by atoms with Crippen molar-refractivity contribution in [3.63, 3.8) is 0 Å². The van der Waals surface area contributed by atoms with Crippen molar-refractivity contribution in [1.29, 1.82) is 21.0 Å². The summed E-state index contributed by atoms with van der Waals surface area (Å²) >= 11 is 0. The van der Waals surface area contributed by atoms with Crippen molar-refractivity contribution in [2.45, 2.75) is 32.7 Å². The van der Waals surface area contributed by atoms with Gasteiger partial charge in [-0.15, -0.1) is 0 Å². The van der Waals surface area contributed by atoms with Crippen molar-refractivity contribution < 1.29 is 0 Å². The van der Waals surface area contributed by atoms with Gasteiger partial charge >= 0.3 is 0 Å². The molecule has 6 nitrogen and oxygen atoms in total. The maximum Gasteiger partial charge on any atom is 0.150 e. The number of hydrogen-bond donors (Lipinski definition) is 2. The highest BCUT2D eigenvalue weighted by molar-refractivity contribution is 5.60. The highest BCUT2D eigenvalue weighted by Crippen LogP contribution is 2.61. The van der Waals surface area contributed by atoms with E-state index < -0.39 is 16.4 Å². The third kappa shape index (κ3) is 1.42. The zero-order chi connectivity index (χ0) is 16.1. The topological polar surface area (TPSA) is 133 Å². The van der Waals surface area contributed by atoms with E-state index in [-0.39, 0.29) is 17.0 Å². The second-order valence-corrected chi connectivity index (χ2v) is 6.25. The number of fused-ring (bicyclic) bond motifs is 2. The fourth-order valence-electron chi connectivity index (χ4n) is 3.74. The summed E-state index contributed by atoms with van der Waals surface area (Å²) < 4.78 is 0. The first kappa shape index (κ1) is 14.4. The Balaban J connectivity index is 3.01. The van der Waals surface area contributed by atoms with Crippen LogP contribution in [0.25, 0.3) is 0 Å². The van der Waals surface area contributed by atoms with Gasteiger partial charge in [0.2, 0.25) is 0 Å². The van der Waals surface area contributed by atoms with Crippen LogP contribution in [0.3, 0.4) is 0 Å². The monoisotopic (exact) mass is 278 g/mol. The second kappa shape index (κ2) is 4.02. The molecule has 21 heavy (non-hydrogen) atoms. The fourth-order valence-corrected chi connectivity index (χ4v) is 3.74. The summed E-state index contributed by atoms with van der Waals surface area (Å²) in [6.07, 6.45) is 0.505. The summed E-state index contributed by atoms with van der Waals surface area (Å²) in [6.45, 7) is 5.53. The summed E-state index contributed by atoms with van der Waals surface area (Å²) in [5.74, 6) is 0. The molecular weight excluding hydrogens is 264 g/mol. The average molecular weight is 278 g/mol. The molecular formula is C15H14N6. The van der Waals surface area contributed by atoms with Gasteiger partial charge in [0.15, 0.2) is 5.57 Å². The molecule has 0 saturated carbocycles. The van der Waals surface area contributed by atoms with Crippen molar-refractivity contribution >= 4 is 0 Å². The standard InChI is InChI=1S/C15H14N6/c1-13(2)7-14(3)10(6-18)11(20)15(13,8-19)12(21-14)9(4-16)5-17/h21H,7,20H2,1-3H3/t14-,15-/m0/s1. The van der Waals surface area contributed by atoms with Gasteiger partial charge in [-0.05, 0) is 18.8 Å². The van der Waals surface area contributed by atoms with E-state index in [1.165, 1.54) is 0 Å². The quantitative estimate of drug-likeness (QED) is 0.642. The molecule has 104 valence electrons. The first-order chi connectivity index (χ1) is 9.74. The minimum Gasteiger partial charge on any atom is -0.400 e. The third-order valence-corrected chi connectivity index (χ3v) is 4.56. The van der Waals surface area contributed by atoms with Crippen LogP contribution < -0.4 is 11.1 Å². The van der Waals surface area contributed by atoms with E-state index in [1.807, 2.05) is 26.0 Å². The Morgan fingerprint density at radius 1 is 1.14 bits per heavy atom. The lowest BCUT2D eigenvalue weighted by Gasteiger charge is -2.59. The van der Waals surface area contributed by atoms with Gasteiger partial charge < -0.3 is 11.1 Å². The van der Waals surface area contributed by atoms with Gasteiger partial charge in [0.1, 0.15) is 17.6 Å². The molecule has 2 aliphatic heterocycles. The van der Waals surface area contributed by atoms with Crippen molar-refractivity contribution in [3.05, 3.63) is 22.5 Å². The van der Waals surface area contributed by atoms with Crippen LogP contribution in [0.5, 0.6) is 0 Å². The number of allylic oxidation sites excluding steroid dienone is 1. The highest BCUT2D eigenvalue weighted by Gasteiger charge is 2.65. The molecule has 6 heteroatoms. The molecule has 2 atom stereocenters. The van der Waals surface area contributed by atoms with E-state index in [9.17, 15) is 21.0 Å². The van der Waals surface area contributed by atoms with Crippen LogP contribution >= 0.6 is 0 Å². The summed E-state index contributed by atoms with van der Waals surface area (Å²) in [4.78, 5) is 0. The Kier molecular flexibility index (Phi) is 2.76. The molecule has 1 saturated heterocycles. The van der Waals surface area contributed by atoms with Gasteiger partial charge in [0.05, 0.1) is 34.6 Å². The Morgan fingerprint density at radius 3 is 2.14 bits per heavy atom. The first-order valence-electron chi connectivity index (χ1n) is 6.39. The molecule has 0 amide bonds. The van der Waals surface area contributed by atoms with Gasteiger partial charge in [-0.2, -0.15) is 21.0 Å². The summed E-state index contributed by atoms with van der Waals surface area (Å²) in [5.41, 5.74) is 3.89. The van der Waals surface area contributed by atoms with Crippen molar-refractivity contribution in [1.82, 2.24) is 5.32 Å². The number of rotatable bonds is 0. The highest BCUT2D eigenvalue weighted by atomic mass is 15.1. The minimum absolute atomic E-state index is 0.142. The lowest BCUT2D eigenvalue weighted by molar-refractivity contribution is 0.0758. The van der Waals surface area contributed by atoms with Crippen molar-refractivity contribution in [3.8, 4) is 24.3 Å². The predicted octanol–water partition coefficient (Wildman–Crippen LogP) is 1.33. The van der Waals surface area contributed by atoms with Crippen LogP contribution in [-0.2, 0) is 0 Å². The molecule has 3 aliphatic rings. The van der Waals surface area contributed by atoms with E-state index in [1.54, 1.807) is 6.92 Å². The summed E-state index contributed by atoms with van der Waals surface area (Å²) in [6, 6.07) is 7.88. The van der Waals surface area contributed by atoms with Gasteiger partial charge in [-0.1, -0.05) is 13.8 Å². The minimum atomic E-state index is -1.36. The first-order valence-corrected chi connectivity index (χ1v) is 6.39. The number of piperidine rings is 1.